The summed E-state index contributed by atoms with van der Waals surface area (Å²) in [5.41, 5.74) is 0. The number of rotatable bonds is 5. The summed E-state index contributed by atoms with van der Waals surface area (Å²) in [5.74, 6) is 0.391. The first kappa shape index (κ1) is 12.0. The molecule has 1 atom stereocenters. The van der Waals surface area contributed by atoms with Crippen LogP contribution in [0, 0.1) is 0 Å². The third-order valence-corrected chi connectivity index (χ3v) is 5.36. The molecular weight excluding hydrogens is 198 g/mol. The number of sulfone groups is 1. The van der Waals surface area contributed by atoms with Crippen molar-refractivity contribution in [3.05, 3.63) is 0 Å². The Morgan fingerprint density at radius 3 is 2.43 bits per heavy atom. The zero-order valence-electron chi connectivity index (χ0n) is 9.12. The van der Waals surface area contributed by atoms with E-state index in [0.717, 1.165) is 25.7 Å². The average molecular weight is 219 g/mol. The van der Waals surface area contributed by atoms with Crippen LogP contribution >= 0.6 is 0 Å². The molecule has 0 bridgehead atoms. The molecule has 3 nitrogen and oxygen atoms in total. The summed E-state index contributed by atoms with van der Waals surface area (Å²) in [6.45, 7) is 4.91. The van der Waals surface area contributed by atoms with Crippen LogP contribution in [-0.2, 0) is 9.84 Å². The second-order valence-electron chi connectivity index (χ2n) is 4.05. The molecule has 1 saturated heterocycles. The van der Waals surface area contributed by atoms with E-state index in [4.69, 9.17) is 0 Å². The van der Waals surface area contributed by atoms with Gasteiger partial charge in [0.25, 0.3) is 0 Å². The minimum Gasteiger partial charge on any atom is -0.313 e. The van der Waals surface area contributed by atoms with E-state index in [2.05, 4.69) is 19.2 Å². The van der Waals surface area contributed by atoms with Crippen LogP contribution in [0.4, 0.5) is 0 Å². The smallest absolute Gasteiger partial charge is 0.154 e. The highest BCUT2D eigenvalue weighted by Crippen LogP contribution is 2.19. The molecule has 1 aliphatic rings. The molecule has 0 aromatic rings. The van der Waals surface area contributed by atoms with Gasteiger partial charge in [-0.1, -0.05) is 13.8 Å². The van der Waals surface area contributed by atoms with Crippen LogP contribution in [-0.4, -0.2) is 32.0 Å². The van der Waals surface area contributed by atoms with Gasteiger partial charge in [0.05, 0.1) is 11.0 Å². The van der Waals surface area contributed by atoms with E-state index < -0.39 is 9.84 Å². The van der Waals surface area contributed by atoms with Gasteiger partial charge in [0.2, 0.25) is 0 Å². The molecule has 1 rings (SSSR count). The SMILES string of the molecule is CCC(CC)NCC1CCCS1(=O)=O. The van der Waals surface area contributed by atoms with Gasteiger partial charge in [-0.2, -0.15) is 0 Å². The van der Waals surface area contributed by atoms with E-state index in [1.807, 2.05) is 0 Å². The number of hydrogen-bond acceptors (Lipinski definition) is 3. The zero-order chi connectivity index (χ0) is 10.6. The molecule has 84 valence electrons. The largest absolute Gasteiger partial charge is 0.313 e. The minimum absolute atomic E-state index is 0.122. The van der Waals surface area contributed by atoms with Crippen LogP contribution in [0.5, 0.6) is 0 Å². The Morgan fingerprint density at radius 1 is 1.36 bits per heavy atom. The lowest BCUT2D eigenvalue weighted by atomic mass is 10.1. The molecule has 14 heavy (non-hydrogen) atoms. The maximum Gasteiger partial charge on any atom is 0.154 e. The Bertz CT molecular complexity index is 257. The fraction of sp³-hybridized carbons (Fsp3) is 1.00. The van der Waals surface area contributed by atoms with E-state index in [1.165, 1.54) is 0 Å². The van der Waals surface area contributed by atoms with Crippen LogP contribution in [0.15, 0.2) is 0 Å². The van der Waals surface area contributed by atoms with Gasteiger partial charge in [0, 0.05) is 12.6 Å². The number of nitrogens with one attached hydrogen (secondary N) is 1. The van der Waals surface area contributed by atoms with Gasteiger partial charge >= 0.3 is 0 Å². The summed E-state index contributed by atoms with van der Waals surface area (Å²) >= 11 is 0. The molecule has 1 unspecified atom stereocenters. The highest BCUT2D eigenvalue weighted by molar-refractivity contribution is 7.92. The first-order valence-corrected chi connectivity index (χ1v) is 7.26. The summed E-state index contributed by atoms with van der Waals surface area (Å²) in [7, 11) is -2.76. The van der Waals surface area contributed by atoms with Crippen molar-refractivity contribution in [2.24, 2.45) is 0 Å². The monoisotopic (exact) mass is 219 g/mol. The quantitative estimate of drug-likeness (QED) is 0.759. The molecule has 0 amide bonds. The van der Waals surface area contributed by atoms with Gasteiger partial charge in [-0.15, -0.1) is 0 Å². The van der Waals surface area contributed by atoms with E-state index in [1.54, 1.807) is 0 Å². The Morgan fingerprint density at radius 2 is 2.00 bits per heavy atom. The summed E-state index contributed by atoms with van der Waals surface area (Å²) in [6, 6.07) is 0.478. The fourth-order valence-electron chi connectivity index (χ4n) is 1.96. The summed E-state index contributed by atoms with van der Waals surface area (Å²) in [5, 5.41) is 3.22. The highest BCUT2D eigenvalue weighted by Gasteiger charge is 2.30. The first-order chi connectivity index (χ1) is 6.60. The zero-order valence-corrected chi connectivity index (χ0v) is 9.94. The van der Waals surface area contributed by atoms with Crippen LogP contribution in [0.1, 0.15) is 39.5 Å². The average Bonchev–Trinajstić information content (AvgIpc) is 2.47. The van der Waals surface area contributed by atoms with Crippen molar-refractivity contribution >= 4 is 9.84 Å². The predicted octanol–water partition coefficient (Wildman–Crippen LogP) is 1.34. The Labute approximate surface area is 87.2 Å². The fourth-order valence-corrected chi connectivity index (χ4v) is 3.74. The van der Waals surface area contributed by atoms with Crippen molar-refractivity contribution in [1.82, 2.24) is 5.32 Å². The Kier molecular flexibility index (Phi) is 4.38. The van der Waals surface area contributed by atoms with Crippen molar-refractivity contribution in [3.8, 4) is 0 Å². The van der Waals surface area contributed by atoms with Gasteiger partial charge in [0.15, 0.2) is 9.84 Å². The van der Waals surface area contributed by atoms with Gasteiger partial charge in [0.1, 0.15) is 0 Å². The third kappa shape index (κ3) is 2.95. The normalized spacial score (nSPS) is 25.8. The summed E-state index contributed by atoms with van der Waals surface area (Å²) in [4.78, 5) is 0. The summed E-state index contributed by atoms with van der Waals surface area (Å²) < 4.78 is 23.0. The van der Waals surface area contributed by atoms with E-state index in [-0.39, 0.29) is 5.25 Å². The topological polar surface area (TPSA) is 46.2 Å². The molecule has 1 aliphatic heterocycles. The van der Waals surface area contributed by atoms with Crippen molar-refractivity contribution in [2.75, 3.05) is 12.3 Å². The van der Waals surface area contributed by atoms with Crippen LogP contribution < -0.4 is 5.32 Å². The first-order valence-electron chi connectivity index (χ1n) is 5.55. The van der Waals surface area contributed by atoms with Crippen LogP contribution in [0.25, 0.3) is 0 Å². The second kappa shape index (κ2) is 5.12. The van der Waals surface area contributed by atoms with Crippen molar-refractivity contribution in [2.45, 2.75) is 50.8 Å². The third-order valence-electron chi connectivity index (χ3n) is 3.08. The van der Waals surface area contributed by atoms with Crippen molar-refractivity contribution in [1.29, 1.82) is 0 Å². The lowest BCUT2D eigenvalue weighted by molar-refractivity contribution is 0.474. The minimum atomic E-state index is -2.76. The Hall–Kier alpha value is -0.0900. The Balaban J connectivity index is 2.38. The molecule has 0 aromatic carbocycles. The molecule has 1 N–H and O–H groups in total. The van der Waals surface area contributed by atoms with Gasteiger partial charge < -0.3 is 5.32 Å². The molecule has 0 aliphatic carbocycles. The lowest BCUT2D eigenvalue weighted by Crippen LogP contribution is -2.36. The molecule has 0 spiro atoms. The van der Waals surface area contributed by atoms with Crippen molar-refractivity contribution in [3.63, 3.8) is 0 Å². The van der Waals surface area contributed by atoms with E-state index in [0.29, 0.717) is 18.3 Å². The second-order valence-corrected chi connectivity index (χ2v) is 6.45. The maximum atomic E-state index is 11.5. The molecular formula is C10H21NO2S. The highest BCUT2D eigenvalue weighted by atomic mass is 32.2. The standard InChI is InChI=1S/C10H21NO2S/c1-3-9(4-2)11-8-10-6-5-7-14(10,12)13/h9-11H,3-8H2,1-2H3. The molecule has 1 heterocycles. The van der Waals surface area contributed by atoms with Crippen LogP contribution in [0.3, 0.4) is 0 Å². The van der Waals surface area contributed by atoms with E-state index >= 15 is 0 Å². The van der Waals surface area contributed by atoms with Crippen LogP contribution in [0.2, 0.25) is 0 Å². The van der Waals surface area contributed by atoms with Crippen molar-refractivity contribution < 1.29 is 8.42 Å². The lowest BCUT2D eigenvalue weighted by Gasteiger charge is -2.17. The molecule has 1 fully saturated rings. The molecule has 4 heteroatoms. The van der Waals surface area contributed by atoms with Gasteiger partial charge in [-0.3, -0.25) is 0 Å². The number of hydrogen-bond donors (Lipinski definition) is 1. The summed E-state index contributed by atoms with van der Waals surface area (Å²) in [6.07, 6.45) is 3.83. The molecule has 0 aromatic heterocycles. The van der Waals surface area contributed by atoms with Gasteiger partial charge in [-0.05, 0) is 25.7 Å². The van der Waals surface area contributed by atoms with E-state index in [9.17, 15) is 8.42 Å². The predicted molar refractivity (Wildman–Crippen MR) is 59.2 cm³/mol. The van der Waals surface area contributed by atoms with Gasteiger partial charge in [-0.25, -0.2) is 8.42 Å². The maximum absolute atomic E-state index is 11.5. The molecule has 0 saturated carbocycles. The molecule has 0 radical (unpaired) electrons.